The molecule has 1 saturated carbocycles. The first kappa shape index (κ1) is 16.8. The molecule has 0 atom stereocenters. The molecule has 6 nitrogen and oxygen atoms in total. The summed E-state index contributed by atoms with van der Waals surface area (Å²) in [6.07, 6.45) is 4.91. The molecule has 1 heterocycles. The van der Waals surface area contributed by atoms with Gasteiger partial charge >= 0.3 is 0 Å². The maximum atomic E-state index is 12.1. The number of hydrogen-bond acceptors (Lipinski definition) is 5. The Morgan fingerprint density at radius 3 is 2.92 bits per heavy atom. The Hall–Kier alpha value is -2.02. The standard InChI is InChI=1S/C17H22N4O2S/c1-21-16(12-6-3-4-7-12)19-20-17(21)24-11-15(22)18-13-8-5-9-14(10-13)23-2/h5,8-10,12H,3-4,6-7,11H2,1-2H3,(H,18,22). The van der Waals surface area contributed by atoms with Gasteiger partial charge < -0.3 is 14.6 Å². The van der Waals surface area contributed by atoms with Gasteiger partial charge in [-0.15, -0.1) is 10.2 Å². The number of hydrogen-bond donors (Lipinski definition) is 1. The number of rotatable bonds is 6. The number of aromatic nitrogens is 3. The first-order valence-electron chi connectivity index (χ1n) is 8.13. The van der Waals surface area contributed by atoms with E-state index in [1.807, 2.05) is 29.8 Å². The summed E-state index contributed by atoms with van der Waals surface area (Å²) in [5, 5.41) is 12.2. The van der Waals surface area contributed by atoms with Gasteiger partial charge in [-0.25, -0.2) is 0 Å². The lowest BCUT2D eigenvalue weighted by molar-refractivity contribution is -0.113. The van der Waals surface area contributed by atoms with Gasteiger partial charge in [-0.05, 0) is 25.0 Å². The van der Waals surface area contributed by atoms with Crippen LogP contribution in [0.15, 0.2) is 29.4 Å². The second kappa shape index (κ2) is 7.70. The second-order valence-corrected chi connectivity index (χ2v) is 6.89. The van der Waals surface area contributed by atoms with Crippen molar-refractivity contribution in [2.24, 2.45) is 7.05 Å². The molecule has 0 unspecified atom stereocenters. The van der Waals surface area contributed by atoms with Crippen molar-refractivity contribution in [3.05, 3.63) is 30.1 Å². The molecule has 1 amide bonds. The lowest BCUT2D eigenvalue weighted by atomic mass is 10.1. The smallest absolute Gasteiger partial charge is 0.234 e. The lowest BCUT2D eigenvalue weighted by Crippen LogP contribution is -2.14. The Labute approximate surface area is 146 Å². The van der Waals surface area contributed by atoms with Crippen molar-refractivity contribution in [1.82, 2.24) is 14.8 Å². The van der Waals surface area contributed by atoms with Gasteiger partial charge in [0.15, 0.2) is 5.16 Å². The molecule has 0 spiro atoms. The molecular formula is C17H22N4O2S. The van der Waals surface area contributed by atoms with E-state index in [4.69, 9.17) is 4.74 Å². The van der Waals surface area contributed by atoms with E-state index in [1.54, 1.807) is 13.2 Å². The molecule has 1 aromatic heterocycles. The molecule has 1 aliphatic carbocycles. The van der Waals surface area contributed by atoms with Crippen molar-refractivity contribution < 1.29 is 9.53 Å². The quantitative estimate of drug-likeness (QED) is 0.814. The predicted octanol–water partition coefficient (Wildman–Crippen LogP) is 3.21. The molecular weight excluding hydrogens is 324 g/mol. The van der Waals surface area contributed by atoms with Gasteiger partial charge in [0, 0.05) is 24.7 Å². The van der Waals surface area contributed by atoms with Crippen LogP contribution in [0.1, 0.15) is 37.4 Å². The number of ether oxygens (including phenoxy) is 1. The zero-order valence-electron chi connectivity index (χ0n) is 14.0. The highest BCUT2D eigenvalue weighted by molar-refractivity contribution is 7.99. The maximum absolute atomic E-state index is 12.1. The lowest BCUT2D eigenvalue weighted by Gasteiger charge is -2.09. The summed E-state index contributed by atoms with van der Waals surface area (Å²) >= 11 is 1.41. The van der Waals surface area contributed by atoms with E-state index in [-0.39, 0.29) is 5.91 Å². The molecule has 1 fully saturated rings. The van der Waals surface area contributed by atoms with Crippen LogP contribution >= 0.6 is 11.8 Å². The second-order valence-electron chi connectivity index (χ2n) is 5.95. The average Bonchev–Trinajstić information content (AvgIpc) is 3.23. The third kappa shape index (κ3) is 3.90. The van der Waals surface area contributed by atoms with Gasteiger partial charge in [0.25, 0.3) is 0 Å². The Kier molecular flexibility index (Phi) is 5.40. The minimum Gasteiger partial charge on any atom is -0.497 e. The zero-order chi connectivity index (χ0) is 16.9. The van der Waals surface area contributed by atoms with Crippen LogP contribution in [0.2, 0.25) is 0 Å². The number of amides is 1. The Morgan fingerprint density at radius 1 is 1.38 bits per heavy atom. The summed E-state index contributed by atoms with van der Waals surface area (Å²) in [5.74, 6) is 2.51. The Morgan fingerprint density at radius 2 is 2.17 bits per heavy atom. The number of carbonyl (C=O) groups excluding carboxylic acids is 1. The third-order valence-electron chi connectivity index (χ3n) is 4.27. The number of methoxy groups -OCH3 is 1. The van der Waals surface area contributed by atoms with E-state index in [2.05, 4.69) is 15.5 Å². The minimum absolute atomic E-state index is 0.0707. The molecule has 2 aromatic rings. The van der Waals surface area contributed by atoms with Crippen LogP contribution in [0.25, 0.3) is 0 Å². The normalized spacial score (nSPS) is 14.8. The predicted molar refractivity (Wildman–Crippen MR) is 94.6 cm³/mol. The SMILES string of the molecule is COc1cccc(NC(=O)CSc2nnc(C3CCCC3)n2C)c1. The van der Waals surface area contributed by atoms with Crippen LogP contribution in [0.3, 0.4) is 0 Å². The number of anilines is 1. The summed E-state index contributed by atoms with van der Waals surface area (Å²) in [5.41, 5.74) is 0.726. The van der Waals surface area contributed by atoms with Gasteiger partial charge in [0.2, 0.25) is 5.91 Å². The highest BCUT2D eigenvalue weighted by Gasteiger charge is 2.23. The van der Waals surface area contributed by atoms with Gasteiger partial charge in [-0.1, -0.05) is 30.7 Å². The van der Waals surface area contributed by atoms with Crippen LogP contribution in [0.5, 0.6) is 5.75 Å². The summed E-state index contributed by atoms with van der Waals surface area (Å²) in [7, 11) is 3.59. The highest BCUT2D eigenvalue weighted by atomic mass is 32.2. The van der Waals surface area contributed by atoms with E-state index in [1.165, 1.54) is 37.4 Å². The van der Waals surface area contributed by atoms with Crippen LogP contribution in [0, 0.1) is 0 Å². The number of benzene rings is 1. The third-order valence-corrected chi connectivity index (χ3v) is 5.29. The van der Waals surface area contributed by atoms with Crippen molar-refractivity contribution in [2.75, 3.05) is 18.2 Å². The van der Waals surface area contributed by atoms with Gasteiger partial charge in [-0.3, -0.25) is 4.79 Å². The summed E-state index contributed by atoms with van der Waals surface area (Å²) in [6.45, 7) is 0. The first-order valence-corrected chi connectivity index (χ1v) is 9.12. The number of thioether (sulfide) groups is 1. The highest BCUT2D eigenvalue weighted by Crippen LogP contribution is 2.33. The fourth-order valence-electron chi connectivity index (χ4n) is 3.02. The molecule has 128 valence electrons. The fraction of sp³-hybridized carbons (Fsp3) is 0.471. The number of nitrogens with zero attached hydrogens (tertiary/aromatic N) is 3. The van der Waals surface area contributed by atoms with Crippen molar-refractivity contribution in [3.63, 3.8) is 0 Å². The summed E-state index contributed by atoms with van der Waals surface area (Å²) < 4.78 is 7.18. The van der Waals surface area contributed by atoms with Crippen molar-refractivity contribution in [3.8, 4) is 5.75 Å². The molecule has 0 aliphatic heterocycles. The molecule has 1 N–H and O–H groups in total. The van der Waals surface area contributed by atoms with Crippen molar-refractivity contribution in [1.29, 1.82) is 0 Å². The molecule has 0 radical (unpaired) electrons. The molecule has 7 heteroatoms. The van der Waals surface area contributed by atoms with Gasteiger partial charge in [0.05, 0.1) is 12.9 Å². The molecule has 0 bridgehead atoms. The van der Waals surface area contributed by atoms with E-state index >= 15 is 0 Å². The van der Waals surface area contributed by atoms with Gasteiger partial charge in [0.1, 0.15) is 11.6 Å². The van der Waals surface area contributed by atoms with Crippen LogP contribution in [0.4, 0.5) is 5.69 Å². The van der Waals surface area contributed by atoms with E-state index < -0.39 is 0 Å². The topological polar surface area (TPSA) is 69.0 Å². The van der Waals surface area contributed by atoms with E-state index in [0.29, 0.717) is 11.7 Å². The van der Waals surface area contributed by atoms with E-state index in [0.717, 1.165) is 22.4 Å². The van der Waals surface area contributed by atoms with Crippen molar-refractivity contribution in [2.45, 2.75) is 36.8 Å². The molecule has 1 aromatic carbocycles. The fourth-order valence-corrected chi connectivity index (χ4v) is 3.74. The van der Waals surface area contributed by atoms with Crippen LogP contribution in [-0.2, 0) is 11.8 Å². The van der Waals surface area contributed by atoms with Crippen molar-refractivity contribution >= 4 is 23.4 Å². The van der Waals surface area contributed by atoms with Crippen LogP contribution < -0.4 is 10.1 Å². The molecule has 3 rings (SSSR count). The van der Waals surface area contributed by atoms with Crippen LogP contribution in [-0.4, -0.2) is 33.5 Å². The summed E-state index contributed by atoms with van der Waals surface area (Å²) in [6, 6.07) is 7.32. The Balaban J connectivity index is 1.56. The largest absolute Gasteiger partial charge is 0.497 e. The Bertz CT molecular complexity index is 710. The number of nitrogens with one attached hydrogen (secondary N) is 1. The first-order chi connectivity index (χ1) is 11.7. The van der Waals surface area contributed by atoms with Gasteiger partial charge in [-0.2, -0.15) is 0 Å². The molecule has 1 aliphatic rings. The van der Waals surface area contributed by atoms with E-state index in [9.17, 15) is 4.79 Å². The molecule has 24 heavy (non-hydrogen) atoms. The zero-order valence-corrected chi connectivity index (χ0v) is 14.8. The minimum atomic E-state index is -0.0707. The number of carbonyl (C=O) groups is 1. The average molecular weight is 346 g/mol. The maximum Gasteiger partial charge on any atom is 0.234 e. The monoisotopic (exact) mass is 346 g/mol. The summed E-state index contributed by atoms with van der Waals surface area (Å²) in [4.78, 5) is 12.1. The molecule has 0 saturated heterocycles.